The number of halogens is 1. The van der Waals surface area contributed by atoms with Crippen molar-refractivity contribution in [3.63, 3.8) is 0 Å². The molecule has 2 aromatic rings. The largest absolute Gasteiger partial charge is 0.399 e. The molecule has 0 spiro atoms. The van der Waals surface area contributed by atoms with Crippen LogP contribution in [0.5, 0.6) is 0 Å². The molecule has 5 nitrogen and oxygen atoms in total. The van der Waals surface area contributed by atoms with E-state index in [0.29, 0.717) is 22.2 Å². The number of benzene rings is 1. The van der Waals surface area contributed by atoms with Gasteiger partial charge in [-0.05, 0) is 25.1 Å². The summed E-state index contributed by atoms with van der Waals surface area (Å²) in [6.45, 7) is 1.71. The van der Waals surface area contributed by atoms with Crippen LogP contribution in [0.15, 0.2) is 28.8 Å². The van der Waals surface area contributed by atoms with E-state index >= 15 is 0 Å². The molecular weight excluding hydrogens is 242 g/mol. The highest BCUT2D eigenvalue weighted by atomic mass is 35.5. The normalized spacial score (nSPS) is 10.2. The Bertz CT molecular complexity index is 566. The summed E-state index contributed by atoms with van der Waals surface area (Å²) in [5.74, 6) is 0.170. The van der Waals surface area contributed by atoms with Gasteiger partial charge in [0.25, 0.3) is 5.91 Å². The number of aromatic nitrogens is 1. The second-order valence-corrected chi connectivity index (χ2v) is 3.92. The molecule has 0 saturated carbocycles. The molecule has 0 aliphatic rings. The smallest absolute Gasteiger partial charge is 0.277 e. The van der Waals surface area contributed by atoms with E-state index in [1.165, 1.54) is 6.07 Å². The van der Waals surface area contributed by atoms with Gasteiger partial charge in [-0.2, -0.15) is 0 Å². The number of rotatable bonds is 2. The van der Waals surface area contributed by atoms with Crippen LogP contribution in [0.1, 0.15) is 16.2 Å². The van der Waals surface area contributed by atoms with E-state index in [1.54, 1.807) is 25.1 Å². The maximum Gasteiger partial charge on any atom is 0.277 e. The minimum absolute atomic E-state index is 0.195. The van der Waals surface area contributed by atoms with E-state index in [1.807, 2.05) is 0 Å². The van der Waals surface area contributed by atoms with E-state index in [9.17, 15) is 4.79 Å². The van der Waals surface area contributed by atoms with E-state index in [0.717, 1.165) is 0 Å². The van der Waals surface area contributed by atoms with Crippen molar-refractivity contribution in [2.24, 2.45) is 0 Å². The van der Waals surface area contributed by atoms with Crippen molar-refractivity contribution in [3.8, 4) is 0 Å². The molecule has 1 amide bonds. The van der Waals surface area contributed by atoms with Gasteiger partial charge in [-0.25, -0.2) is 0 Å². The fourth-order valence-electron chi connectivity index (χ4n) is 1.30. The number of nitrogens with zero attached hydrogens (tertiary/aromatic N) is 1. The Morgan fingerprint density at radius 1 is 1.47 bits per heavy atom. The third kappa shape index (κ3) is 2.57. The first kappa shape index (κ1) is 11.5. The molecule has 1 aromatic heterocycles. The van der Waals surface area contributed by atoms with Gasteiger partial charge in [0, 0.05) is 11.8 Å². The summed E-state index contributed by atoms with van der Waals surface area (Å²) in [4.78, 5) is 11.8. The Hall–Kier alpha value is -2.01. The molecule has 0 fully saturated rings. The first-order valence-electron chi connectivity index (χ1n) is 4.86. The lowest BCUT2D eigenvalue weighted by atomic mass is 10.2. The van der Waals surface area contributed by atoms with Crippen LogP contribution in [0.3, 0.4) is 0 Å². The van der Waals surface area contributed by atoms with Gasteiger partial charge in [0.1, 0.15) is 5.76 Å². The topological polar surface area (TPSA) is 81.2 Å². The van der Waals surface area contributed by atoms with Gasteiger partial charge in [0.15, 0.2) is 5.69 Å². The van der Waals surface area contributed by atoms with E-state index in [-0.39, 0.29) is 5.69 Å². The van der Waals surface area contributed by atoms with Gasteiger partial charge in [0.05, 0.1) is 10.7 Å². The molecule has 0 aliphatic heterocycles. The highest BCUT2D eigenvalue weighted by Crippen LogP contribution is 2.24. The van der Waals surface area contributed by atoms with Gasteiger partial charge in [-0.3, -0.25) is 4.79 Å². The zero-order chi connectivity index (χ0) is 12.4. The maximum atomic E-state index is 11.8. The summed E-state index contributed by atoms with van der Waals surface area (Å²) in [5.41, 5.74) is 6.75. The molecule has 0 aliphatic carbocycles. The SMILES string of the molecule is Cc1cc(C(=O)Nc2cc(N)ccc2Cl)no1. The number of carbonyl (C=O) groups excluding carboxylic acids is 1. The van der Waals surface area contributed by atoms with Crippen LogP contribution in [-0.4, -0.2) is 11.1 Å². The third-order valence-corrected chi connectivity index (χ3v) is 2.43. The molecule has 3 N–H and O–H groups in total. The Labute approximate surface area is 103 Å². The number of amides is 1. The van der Waals surface area contributed by atoms with Gasteiger partial charge >= 0.3 is 0 Å². The van der Waals surface area contributed by atoms with Crippen molar-refractivity contribution < 1.29 is 9.32 Å². The molecule has 1 aromatic carbocycles. The fourth-order valence-corrected chi connectivity index (χ4v) is 1.46. The van der Waals surface area contributed by atoms with Crippen LogP contribution in [0, 0.1) is 6.92 Å². The Morgan fingerprint density at radius 2 is 2.24 bits per heavy atom. The molecule has 2 rings (SSSR count). The first-order valence-corrected chi connectivity index (χ1v) is 5.24. The van der Waals surface area contributed by atoms with Crippen molar-refractivity contribution in [3.05, 3.63) is 40.7 Å². The van der Waals surface area contributed by atoms with E-state index in [2.05, 4.69) is 10.5 Å². The van der Waals surface area contributed by atoms with E-state index in [4.69, 9.17) is 21.9 Å². The van der Waals surface area contributed by atoms with Gasteiger partial charge in [-0.1, -0.05) is 16.8 Å². The average molecular weight is 252 g/mol. The number of nitrogens with two attached hydrogens (primary N) is 1. The lowest BCUT2D eigenvalue weighted by Crippen LogP contribution is -2.12. The molecule has 0 atom stereocenters. The number of hydrogen-bond donors (Lipinski definition) is 2. The first-order chi connectivity index (χ1) is 8.06. The van der Waals surface area contributed by atoms with Crippen LogP contribution in [0.25, 0.3) is 0 Å². The Morgan fingerprint density at radius 3 is 2.88 bits per heavy atom. The van der Waals surface area contributed by atoms with Gasteiger partial charge < -0.3 is 15.6 Å². The second-order valence-electron chi connectivity index (χ2n) is 3.52. The molecule has 0 saturated heterocycles. The van der Waals surface area contributed by atoms with Crippen LogP contribution >= 0.6 is 11.6 Å². The highest BCUT2D eigenvalue weighted by Gasteiger charge is 2.12. The molecule has 88 valence electrons. The molecular formula is C11H10ClN3O2. The Kier molecular flexibility index (Phi) is 3.01. The van der Waals surface area contributed by atoms with Crippen LogP contribution in [0.4, 0.5) is 11.4 Å². The lowest BCUT2D eigenvalue weighted by molar-refractivity contribution is 0.101. The third-order valence-electron chi connectivity index (χ3n) is 2.10. The number of nitrogen functional groups attached to an aromatic ring is 1. The summed E-state index contributed by atoms with van der Waals surface area (Å²) in [7, 11) is 0. The summed E-state index contributed by atoms with van der Waals surface area (Å²) in [5, 5.41) is 6.62. The standard InChI is InChI=1S/C11H10ClN3O2/c1-6-4-10(15-17-6)11(16)14-9-5-7(13)2-3-8(9)12/h2-5H,13H2,1H3,(H,14,16). The number of nitrogens with one attached hydrogen (secondary N) is 1. The minimum atomic E-state index is -0.394. The summed E-state index contributed by atoms with van der Waals surface area (Å²) in [6.07, 6.45) is 0. The summed E-state index contributed by atoms with van der Waals surface area (Å²) in [6, 6.07) is 6.38. The number of anilines is 2. The van der Waals surface area contributed by atoms with Crippen molar-refractivity contribution in [1.29, 1.82) is 0 Å². The van der Waals surface area contributed by atoms with Crippen LogP contribution in [0.2, 0.25) is 5.02 Å². The molecule has 6 heteroatoms. The van der Waals surface area contributed by atoms with Crippen LogP contribution < -0.4 is 11.1 Å². The predicted octanol–water partition coefficient (Wildman–Crippen LogP) is 2.47. The lowest BCUT2D eigenvalue weighted by Gasteiger charge is -2.05. The summed E-state index contributed by atoms with van der Waals surface area (Å²) >= 11 is 5.92. The molecule has 0 radical (unpaired) electrons. The average Bonchev–Trinajstić information content (AvgIpc) is 2.70. The number of carbonyl (C=O) groups is 1. The van der Waals surface area contributed by atoms with E-state index < -0.39 is 5.91 Å². The molecule has 17 heavy (non-hydrogen) atoms. The minimum Gasteiger partial charge on any atom is -0.399 e. The molecule has 0 unspecified atom stereocenters. The zero-order valence-corrected chi connectivity index (χ0v) is 9.78. The number of aryl methyl sites for hydroxylation is 1. The van der Waals surface area contributed by atoms with Crippen molar-refractivity contribution >= 4 is 28.9 Å². The summed E-state index contributed by atoms with van der Waals surface area (Å²) < 4.78 is 4.81. The molecule has 0 bridgehead atoms. The monoisotopic (exact) mass is 251 g/mol. The quantitative estimate of drug-likeness (QED) is 0.804. The van der Waals surface area contributed by atoms with Crippen molar-refractivity contribution in [2.45, 2.75) is 6.92 Å². The number of hydrogen-bond acceptors (Lipinski definition) is 4. The van der Waals surface area contributed by atoms with Crippen LogP contribution in [-0.2, 0) is 0 Å². The second kappa shape index (κ2) is 4.47. The maximum absolute atomic E-state index is 11.8. The Balaban J connectivity index is 2.21. The fraction of sp³-hybridized carbons (Fsp3) is 0.0909. The predicted molar refractivity (Wildman–Crippen MR) is 65.1 cm³/mol. The molecule has 1 heterocycles. The zero-order valence-electron chi connectivity index (χ0n) is 9.03. The van der Waals surface area contributed by atoms with Crippen molar-refractivity contribution in [1.82, 2.24) is 5.16 Å². The highest BCUT2D eigenvalue weighted by molar-refractivity contribution is 6.34. The van der Waals surface area contributed by atoms with Crippen molar-refractivity contribution in [2.75, 3.05) is 11.1 Å². The van der Waals surface area contributed by atoms with Gasteiger partial charge in [0.2, 0.25) is 0 Å². The van der Waals surface area contributed by atoms with Gasteiger partial charge in [-0.15, -0.1) is 0 Å².